The number of hydrogen-bond acceptors (Lipinski definition) is 3. The summed E-state index contributed by atoms with van der Waals surface area (Å²) in [6, 6.07) is 33.2. The summed E-state index contributed by atoms with van der Waals surface area (Å²) < 4.78 is 0. The second kappa shape index (κ2) is 13.0. The minimum Gasteiger partial charge on any atom is -0.280 e. The molecule has 0 aliphatic heterocycles. The largest absolute Gasteiger partial charge is 0.280 e. The number of rotatable bonds is 5. The quantitative estimate of drug-likeness (QED) is 0.130. The molecule has 0 saturated heterocycles. The first-order valence-corrected chi connectivity index (χ1v) is 20.7. The van der Waals surface area contributed by atoms with Gasteiger partial charge in [0.15, 0.2) is 0 Å². The van der Waals surface area contributed by atoms with Crippen LogP contribution in [0.4, 0.5) is 17.3 Å². The summed E-state index contributed by atoms with van der Waals surface area (Å²) in [5, 5.41) is 0. The van der Waals surface area contributed by atoms with Crippen molar-refractivity contribution in [2.75, 3.05) is 4.90 Å². The van der Waals surface area contributed by atoms with Crippen LogP contribution in [0.3, 0.4) is 0 Å². The zero-order valence-electron chi connectivity index (χ0n) is 33.9. The van der Waals surface area contributed by atoms with E-state index in [2.05, 4.69) is 187 Å². The molecule has 4 atom stereocenters. The molecule has 8 aliphatic carbocycles. The third kappa shape index (κ3) is 6.02. The number of anilines is 3. The summed E-state index contributed by atoms with van der Waals surface area (Å²) in [5.41, 5.74) is 14.8. The van der Waals surface area contributed by atoms with E-state index in [1.54, 1.807) is 0 Å². The van der Waals surface area contributed by atoms with Crippen LogP contribution in [0.25, 0.3) is 22.5 Å². The number of aryl methyl sites for hydroxylation is 1. The maximum atomic E-state index is 5.54. The molecule has 2 aromatic heterocycles. The number of pyridine rings is 2. The van der Waals surface area contributed by atoms with E-state index in [1.807, 2.05) is 0 Å². The first-order valence-electron chi connectivity index (χ1n) is 20.7. The van der Waals surface area contributed by atoms with Crippen molar-refractivity contribution >= 4 is 17.3 Å². The van der Waals surface area contributed by atoms with Crippen LogP contribution >= 0.6 is 0 Å². The van der Waals surface area contributed by atoms with E-state index in [4.69, 9.17) is 9.97 Å². The van der Waals surface area contributed by atoms with Gasteiger partial charge in [-0.05, 0) is 123 Å². The molecule has 0 spiro atoms. The number of hydrogen-bond donors (Lipinski definition) is 0. The van der Waals surface area contributed by atoms with Crippen molar-refractivity contribution in [3.8, 4) is 22.5 Å². The minimum absolute atomic E-state index is 0. The zero-order valence-corrected chi connectivity index (χ0v) is 36.2. The molecule has 4 unspecified atom stereocenters. The van der Waals surface area contributed by atoms with Crippen LogP contribution in [-0.2, 0) is 31.9 Å². The molecule has 3 nitrogen and oxygen atoms in total. The van der Waals surface area contributed by atoms with E-state index in [0.29, 0.717) is 47.3 Å². The van der Waals surface area contributed by atoms with Gasteiger partial charge in [0.2, 0.25) is 0 Å². The Labute approximate surface area is 353 Å². The van der Waals surface area contributed by atoms with Crippen LogP contribution in [0.15, 0.2) is 127 Å². The van der Waals surface area contributed by atoms with Crippen molar-refractivity contribution < 1.29 is 21.1 Å². The van der Waals surface area contributed by atoms with Gasteiger partial charge in [0, 0.05) is 44.2 Å². The van der Waals surface area contributed by atoms with Crippen molar-refractivity contribution in [2.45, 2.75) is 83.0 Å². The Balaban J connectivity index is 0.00000396. The summed E-state index contributed by atoms with van der Waals surface area (Å²) in [6.45, 7) is 16.1. The van der Waals surface area contributed by atoms with E-state index in [-0.39, 0.29) is 31.9 Å². The predicted octanol–water partition coefficient (Wildman–Crippen LogP) is 13.1. The van der Waals surface area contributed by atoms with Gasteiger partial charge in [-0.1, -0.05) is 120 Å². The number of aromatic nitrogens is 2. The minimum atomic E-state index is -0.0482. The second-order valence-electron chi connectivity index (χ2n) is 19.4. The molecule has 0 amide bonds. The third-order valence-electron chi connectivity index (χ3n) is 13.7. The molecule has 4 heteroatoms. The summed E-state index contributed by atoms with van der Waals surface area (Å²) in [7, 11) is 0. The van der Waals surface area contributed by atoms with E-state index in [1.165, 1.54) is 44.5 Å². The van der Waals surface area contributed by atoms with Crippen molar-refractivity contribution in [1.82, 2.24) is 9.97 Å². The molecule has 8 bridgehead atoms. The zero-order chi connectivity index (χ0) is 38.2. The summed E-state index contributed by atoms with van der Waals surface area (Å²) in [6.07, 6.45) is 19.5. The topological polar surface area (TPSA) is 29.0 Å². The number of allylic oxidation sites excluding steroid dienone is 8. The van der Waals surface area contributed by atoms with Gasteiger partial charge in [-0.3, -0.25) is 9.88 Å². The van der Waals surface area contributed by atoms with E-state index >= 15 is 0 Å². The molecule has 5 aromatic rings. The monoisotopic (exact) mass is 923 g/mol. The van der Waals surface area contributed by atoms with E-state index in [0.717, 1.165) is 34.3 Å². The molecule has 288 valence electrons. The first kappa shape index (κ1) is 36.7. The van der Waals surface area contributed by atoms with Crippen LogP contribution in [0.5, 0.6) is 0 Å². The van der Waals surface area contributed by atoms with Gasteiger partial charge in [-0.25, -0.2) is 4.98 Å². The Kier molecular flexibility index (Phi) is 8.35. The molecule has 2 heterocycles. The Morgan fingerprint density at radius 3 is 1.61 bits per heavy atom. The van der Waals surface area contributed by atoms with Crippen LogP contribution in [0.1, 0.15) is 104 Å². The summed E-state index contributed by atoms with van der Waals surface area (Å²) in [5.74, 6) is 6.12. The Morgan fingerprint density at radius 2 is 1.05 bits per heavy atom. The van der Waals surface area contributed by atoms with Crippen LogP contribution < -0.4 is 4.90 Å². The Morgan fingerprint density at radius 1 is 0.544 bits per heavy atom. The number of nitrogens with zero attached hydrogens (tertiary/aromatic N) is 3. The van der Waals surface area contributed by atoms with E-state index in [9.17, 15) is 0 Å². The standard InChI is InChI=1S/C53H50N3.Pt/c1-30-24-45-44(32-16-21-39-40(22-17-32)51(39)45)29-42(30)47-11-9-13-49(55-47)56(36-27-34(52(2,3)4)26-35(28-36)53(5,6)7)48-12-8-10-46(54-48)33-18-23-41-43(25-33)31-14-19-37-38(20-15-31)50(37)41;/h8-17,19-29,31-32,37-40,50-51H,1-7H3;/q-1;. The Bertz CT molecular complexity index is 2520. The molecular formula is C53H50N3Pt-. The van der Waals surface area contributed by atoms with Gasteiger partial charge in [-0.2, -0.15) is 0 Å². The molecule has 8 aliphatic rings. The van der Waals surface area contributed by atoms with Crippen LogP contribution in [0, 0.1) is 36.7 Å². The molecular weight excluding hydrogens is 874 g/mol. The molecule has 57 heavy (non-hydrogen) atoms. The van der Waals surface area contributed by atoms with Gasteiger partial charge in [0.1, 0.15) is 11.6 Å². The fourth-order valence-corrected chi connectivity index (χ4v) is 10.3. The summed E-state index contributed by atoms with van der Waals surface area (Å²) in [4.78, 5) is 13.3. The van der Waals surface area contributed by atoms with Gasteiger partial charge in [0.05, 0.1) is 5.69 Å². The third-order valence-corrected chi connectivity index (χ3v) is 13.7. The van der Waals surface area contributed by atoms with Crippen molar-refractivity contribution in [2.24, 2.45) is 23.7 Å². The van der Waals surface area contributed by atoms with Crippen molar-refractivity contribution in [1.29, 1.82) is 0 Å². The molecule has 0 radical (unpaired) electrons. The molecule has 2 fully saturated rings. The van der Waals surface area contributed by atoms with Crippen molar-refractivity contribution in [3.63, 3.8) is 0 Å². The van der Waals surface area contributed by atoms with E-state index < -0.39 is 0 Å². The van der Waals surface area contributed by atoms with Crippen LogP contribution in [0.2, 0.25) is 0 Å². The van der Waals surface area contributed by atoms with Crippen molar-refractivity contribution in [3.05, 3.63) is 172 Å². The molecule has 2 saturated carbocycles. The maximum Gasteiger partial charge on any atom is 0.139 e. The average Bonchev–Trinajstić information content (AvgIpc) is 4.07. The second-order valence-corrected chi connectivity index (χ2v) is 19.4. The maximum absolute atomic E-state index is 5.54. The van der Waals surface area contributed by atoms with Gasteiger partial charge < -0.3 is 0 Å². The molecule has 0 N–H and O–H groups in total. The normalized spacial score (nSPS) is 26.4. The molecule has 3 aromatic carbocycles. The van der Waals surface area contributed by atoms with Gasteiger partial charge in [0.25, 0.3) is 0 Å². The summed E-state index contributed by atoms with van der Waals surface area (Å²) >= 11 is 0. The fraction of sp³-hybridized carbons (Fsp3) is 0.321. The van der Waals surface area contributed by atoms with Gasteiger partial charge >= 0.3 is 0 Å². The Hall–Kier alpha value is -4.59. The first-order chi connectivity index (χ1) is 26.9. The fourth-order valence-electron chi connectivity index (χ4n) is 10.3. The predicted molar refractivity (Wildman–Crippen MR) is 230 cm³/mol. The average molecular weight is 924 g/mol. The number of benzene rings is 3. The smallest absolute Gasteiger partial charge is 0.139 e. The van der Waals surface area contributed by atoms with Crippen LogP contribution in [-0.4, -0.2) is 9.97 Å². The molecule has 13 rings (SSSR count). The SMILES string of the molecule is Cc1cc2c(cc1-c1cccc(N(c3cc(C(C)(C)C)cc(C(C)(C)C)c3)c3cccc(-c4[c-]cc5c(c4)C4C=CC6C(C=C4)C56)n3)n1)C1C=CC3C(C=C1)C23.[Pt]. The van der Waals surface area contributed by atoms with Gasteiger partial charge in [-0.15, -0.1) is 34.9 Å².